The lowest BCUT2D eigenvalue weighted by atomic mass is 9.93. The largest absolute Gasteiger partial charge is 0.503 e. The van der Waals surface area contributed by atoms with Crippen LogP contribution in [0.4, 0.5) is 0 Å². The Hall–Kier alpha value is -2.27. The van der Waals surface area contributed by atoms with Gasteiger partial charge < -0.3 is 14.6 Å². The first-order valence-corrected chi connectivity index (χ1v) is 8.26. The van der Waals surface area contributed by atoms with Crippen LogP contribution in [0.1, 0.15) is 27.0 Å². The van der Waals surface area contributed by atoms with E-state index in [4.69, 9.17) is 9.47 Å². The third-order valence-corrected chi connectivity index (χ3v) is 4.67. The van der Waals surface area contributed by atoms with E-state index in [1.807, 2.05) is 26.0 Å². The second kappa shape index (κ2) is 6.32. The van der Waals surface area contributed by atoms with Crippen molar-refractivity contribution in [1.29, 1.82) is 0 Å². The van der Waals surface area contributed by atoms with Crippen LogP contribution in [-0.2, 0) is 0 Å². The molecule has 0 aromatic heterocycles. The summed E-state index contributed by atoms with van der Waals surface area (Å²) in [5.74, 6) is 1.01. The fraction of sp³-hybridized carbons (Fsp3) is 0.211. The first-order chi connectivity index (χ1) is 11.4. The number of halogens is 1. The average molecular weight is 389 g/mol. The molecule has 0 saturated carbocycles. The van der Waals surface area contributed by atoms with Gasteiger partial charge in [0.1, 0.15) is 12.4 Å². The van der Waals surface area contributed by atoms with Crippen molar-refractivity contribution in [2.45, 2.75) is 13.8 Å². The van der Waals surface area contributed by atoms with E-state index < -0.39 is 0 Å². The Morgan fingerprint density at radius 2 is 1.96 bits per heavy atom. The molecule has 2 aromatic rings. The molecule has 0 bridgehead atoms. The number of aryl methyl sites for hydroxylation is 2. The van der Waals surface area contributed by atoms with Crippen LogP contribution in [0.2, 0.25) is 0 Å². The maximum Gasteiger partial charge on any atom is 0.196 e. The lowest BCUT2D eigenvalue weighted by molar-refractivity contribution is 0.0999. The van der Waals surface area contributed by atoms with Crippen LogP contribution >= 0.6 is 15.9 Å². The van der Waals surface area contributed by atoms with E-state index in [-0.39, 0.29) is 18.1 Å². The van der Waals surface area contributed by atoms with Crippen LogP contribution in [0.25, 0.3) is 6.08 Å². The minimum absolute atomic E-state index is 0.0272. The molecule has 1 aliphatic heterocycles. The molecule has 1 N–H and O–H groups in total. The summed E-state index contributed by atoms with van der Waals surface area (Å²) in [4.78, 5) is 12.9. The fourth-order valence-electron chi connectivity index (χ4n) is 2.77. The molecule has 5 heteroatoms. The van der Waals surface area contributed by atoms with Crippen molar-refractivity contribution in [3.63, 3.8) is 0 Å². The van der Waals surface area contributed by atoms with Gasteiger partial charge in [-0.1, -0.05) is 12.1 Å². The summed E-state index contributed by atoms with van der Waals surface area (Å²) in [5, 5.41) is 9.89. The molecule has 3 rings (SSSR count). The van der Waals surface area contributed by atoms with Crippen molar-refractivity contribution in [3.05, 3.63) is 56.6 Å². The number of carbonyl (C=O) groups excluding carboxylic acids is 1. The number of fused-ring (bicyclic) bond motifs is 1. The number of carbonyl (C=O) groups is 1. The molecule has 0 atom stereocenters. The van der Waals surface area contributed by atoms with Crippen molar-refractivity contribution in [1.82, 2.24) is 0 Å². The molecule has 0 amide bonds. The highest BCUT2D eigenvalue weighted by Gasteiger charge is 2.26. The van der Waals surface area contributed by atoms with Crippen molar-refractivity contribution in [2.24, 2.45) is 0 Å². The molecule has 124 valence electrons. The molecular weight excluding hydrogens is 372 g/mol. The molecule has 0 fully saturated rings. The van der Waals surface area contributed by atoms with Gasteiger partial charge in [-0.3, -0.25) is 4.79 Å². The Kier molecular flexibility index (Phi) is 4.37. The summed E-state index contributed by atoms with van der Waals surface area (Å²) in [5.41, 5.74) is 3.79. The predicted molar refractivity (Wildman–Crippen MR) is 96.1 cm³/mol. The number of aromatic hydroxyl groups is 1. The van der Waals surface area contributed by atoms with Crippen LogP contribution in [0, 0.1) is 13.8 Å². The molecule has 0 radical (unpaired) electrons. The smallest absolute Gasteiger partial charge is 0.196 e. The topological polar surface area (TPSA) is 55.8 Å². The van der Waals surface area contributed by atoms with Crippen LogP contribution in [0.5, 0.6) is 17.2 Å². The van der Waals surface area contributed by atoms with E-state index in [1.165, 1.54) is 7.11 Å². The van der Waals surface area contributed by atoms with Crippen LogP contribution < -0.4 is 9.47 Å². The van der Waals surface area contributed by atoms with Gasteiger partial charge in [-0.25, -0.2) is 0 Å². The number of methoxy groups -OCH3 is 1. The fourth-order valence-corrected chi connectivity index (χ4v) is 3.23. The summed E-state index contributed by atoms with van der Waals surface area (Å²) in [6.07, 6.45) is 1.76. The van der Waals surface area contributed by atoms with E-state index in [0.717, 1.165) is 16.7 Å². The number of Topliss-reactive ketones (excluding diaryl/α,β-unsaturated/α-hetero) is 1. The number of ketones is 1. The Balaban J connectivity index is 2.06. The molecule has 24 heavy (non-hydrogen) atoms. The Bertz CT molecular complexity index is 868. The van der Waals surface area contributed by atoms with Gasteiger partial charge in [-0.2, -0.15) is 0 Å². The van der Waals surface area contributed by atoms with Gasteiger partial charge in [-0.15, -0.1) is 0 Å². The van der Waals surface area contributed by atoms with Gasteiger partial charge in [0.2, 0.25) is 0 Å². The first-order valence-electron chi connectivity index (χ1n) is 7.47. The SMILES string of the molecule is COc1cc(/C=C2\COc3c(C)ccc(C)c3C2=O)cc(Br)c1O. The third-order valence-electron chi connectivity index (χ3n) is 4.07. The Labute approximate surface area is 148 Å². The maximum absolute atomic E-state index is 12.9. The summed E-state index contributed by atoms with van der Waals surface area (Å²) < 4.78 is 11.5. The van der Waals surface area contributed by atoms with Gasteiger partial charge in [-0.05, 0) is 64.7 Å². The number of rotatable bonds is 2. The van der Waals surface area contributed by atoms with Gasteiger partial charge in [0.15, 0.2) is 17.3 Å². The van der Waals surface area contributed by atoms with Gasteiger partial charge in [0, 0.05) is 5.57 Å². The van der Waals surface area contributed by atoms with Crippen molar-refractivity contribution >= 4 is 27.8 Å². The minimum atomic E-state index is -0.0272. The molecule has 0 saturated heterocycles. The highest BCUT2D eigenvalue weighted by atomic mass is 79.9. The number of phenols is 1. The quantitative estimate of drug-likeness (QED) is 0.772. The molecule has 1 heterocycles. The van der Waals surface area contributed by atoms with E-state index >= 15 is 0 Å². The highest BCUT2D eigenvalue weighted by Crippen LogP contribution is 2.37. The summed E-state index contributed by atoms with van der Waals surface area (Å²) in [7, 11) is 1.48. The minimum Gasteiger partial charge on any atom is -0.503 e. The van der Waals surface area contributed by atoms with E-state index in [2.05, 4.69) is 15.9 Å². The van der Waals surface area contributed by atoms with Crippen molar-refractivity contribution < 1.29 is 19.4 Å². The molecular formula is C19H17BrO4. The van der Waals surface area contributed by atoms with Crippen LogP contribution in [0.15, 0.2) is 34.3 Å². The lowest BCUT2D eigenvalue weighted by Crippen LogP contribution is -2.21. The zero-order valence-corrected chi connectivity index (χ0v) is 15.2. The van der Waals surface area contributed by atoms with Crippen molar-refractivity contribution in [3.8, 4) is 17.2 Å². The van der Waals surface area contributed by atoms with E-state index in [1.54, 1.807) is 18.2 Å². The molecule has 0 aliphatic carbocycles. The number of ether oxygens (including phenoxy) is 2. The van der Waals surface area contributed by atoms with Crippen LogP contribution in [0.3, 0.4) is 0 Å². The third kappa shape index (κ3) is 2.80. The zero-order chi connectivity index (χ0) is 17.4. The second-order valence-corrected chi connectivity index (χ2v) is 6.60. The zero-order valence-electron chi connectivity index (χ0n) is 13.6. The van der Waals surface area contributed by atoms with Crippen LogP contribution in [-0.4, -0.2) is 24.6 Å². The number of phenolic OH excluding ortho intramolecular Hbond substituents is 1. The lowest BCUT2D eigenvalue weighted by Gasteiger charge is -2.22. The van der Waals surface area contributed by atoms with Crippen molar-refractivity contribution in [2.75, 3.05) is 13.7 Å². The van der Waals surface area contributed by atoms with E-state index in [0.29, 0.717) is 27.1 Å². The van der Waals surface area contributed by atoms with Gasteiger partial charge >= 0.3 is 0 Å². The molecule has 2 aromatic carbocycles. The number of hydrogen-bond acceptors (Lipinski definition) is 4. The summed E-state index contributed by atoms with van der Waals surface area (Å²) in [6, 6.07) is 7.30. The average Bonchev–Trinajstić information content (AvgIpc) is 2.56. The molecule has 1 aliphatic rings. The Morgan fingerprint density at radius 1 is 1.25 bits per heavy atom. The van der Waals surface area contributed by atoms with Gasteiger partial charge in [0.25, 0.3) is 0 Å². The number of hydrogen-bond donors (Lipinski definition) is 1. The molecule has 4 nitrogen and oxygen atoms in total. The second-order valence-electron chi connectivity index (χ2n) is 5.74. The summed E-state index contributed by atoms with van der Waals surface area (Å²) in [6.45, 7) is 4.06. The predicted octanol–water partition coefficient (Wildman–Crippen LogP) is 4.44. The molecule has 0 spiro atoms. The highest BCUT2D eigenvalue weighted by molar-refractivity contribution is 9.10. The maximum atomic E-state index is 12.9. The summed E-state index contributed by atoms with van der Waals surface area (Å²) >= 11 is 3.29. The standard InChI is InChI=1S/C19H17BrO4/c1-10-4-5-11(2)19-16(10)17(21)13(9-24-19)6-12-7-14(20)18(22)15(8-12)23-3/h4-8,22H,9H2,1-3H3/b13-6+. The molecule has 0 unspecified atom stereocenters. The monoisotopic (exact) mass is 388 g/mol. The number of benzene rings is 2. The normalized spacial score (nSPS) is 15.2. The van der Waals surface area contributed by atoms with E-state index in [9.17, 15) is 9.90 Å². The Morgan fingerprint density at radius 3 is 2.67 bits per heavy atom. The van der Waals surface area contributed by atoms with Gasteiger partial charge in [0.05, 0.1) is 17.1 Å². The first kappa shape index (κ1) is 16.6.